The average molecular weight is 291 g/mol. The zero-order valence-electron chi connectivity index (χ0n) is 12.4. The quantitative estimate of drug-likeness (QED) is 0.919. The molecule has 2 aliphatic rings. The fourth-order valence-electron chi connectivity index (χ4n) is 2.89. The minimum absolute atomic E-state index is 0.0236. The van der Waals surface area contributed by atoms with E-state index in [1.165, 1.54) is 0 Å². The van der Waals surface area contributed by atoms with Gasteiger partial charge in [-0.15, -0.1) is 0 Å². The Balaban J connectivity index is 1.74. The molecule has 0 aromatic heterocycles. The van der Waals surface area contributed by atoms with Gasteiger partial charge in [0, 0.05) is 12.0 Å². The van der Waals surface area contributed by atoms with Crippen molar-refractivity contribution in [3.8, 4) is 5.75 Å². The molecule has 21 heavy (non-hydrogen) atoms. The number of ether oxygens (including phenoxy) is 3. The van der Waals surface area contributed by atoms with Gasteiger partial charge in [-0.05, 0) is 19.9 Å². The molecule has 0 spiro atoms. The minimum Gasteiger partial charge on any atom is -0.491 e. The monoisotopic (exact) mass is 291 g/mol. The lowest BCUT2D eigenvalue weighted by Crippen LogP contribution is -2.51. The van der Waals surface area contributed by atoms with Crippen LogP contribution in [0.15, 0.2) is 24.3 Å². The first kappa shape index (κ1) is 14.4. The molecular weight excluding hydrogens is 270 g/mol. The van der Waals surface area contributed by atoms with E-state index in [9.17, 15) is 4.79 Å². The summed E-state index contributed by atoms with van der Waals surface area (Å²) in [5.41, 5.74) is 0.149. The van der Waals surface area contributed by atoms with E-state index in [1.54, 1.807) is 0 Å². The van der Waals surface area contributed by atoms with Crippen molar-refractivity contribution < 1.29 is 19.0 Å². The molecule has 5 heteroatoms. The summed E-state index contributed by atoms with van der Waals surface area (Å²) in [5.74, 6) is 0.725. The van der Waals surface area contributed by atoms with Crippen molar-refractivity contribution in [3.05, 3.63) is 29.8 Å². The summed E-state index contributed by atoms with van der Waals surface area (Å²) in [5, 5.41) is 3.05. The van der Waals surface area contributed by atoms with Gasteiger partial charge in [-0.1, -0.05) is 18.2 Å². The van der Waals surface area contributed by atoms with Gasteiger partial charge in [0.15, 0.2) is 5.60 Å². The minimum atomic E-state index is -0.869. The van der Waals surface area contributed by atoms with Gasteiger partial charge in [0.05, 0.1) is 25.4 Å². The maximum atomic E-state index is 12.7. The molecule has 1 aromatic carbocycles. The summed E-state index contributed by atoms with van der Waals surface area (Å²) in [4.78, 5) is 12.7. The molecule has 1 N–H and O–H groups in total. The molecule has 0 bridgehead atoms. The van der Waals surface area contributed by atoms with Crippen molar-refractivity contribution in [2.75, 3.05) is 19.8 Å². The predicted molar refractivity (Wildman–Crippen MR) is 77.2 cm³/mol. The number of fused-ring (bicyclic) bond motifs is 1. The highest BCUT2D eigenvalue weighted by atomic mass is 16.6. The third-order valence-corrected chi connectivity index (χ3v) is 3.87. The Morgan fingerprint density at radius 1 is 1.43 bits per heavy atom. The summed E-state index contributed by atoms with van der Waals surface area (Å²) in [6.07, 6.45) is 0.566. The van der Waals surface area contributed by atoms with Gasteiger partial charge < -0.3 is 19.5 Å². The molecular formula is C16H21NO4. The van der Waals surface area contributed by atoms with E-state index in [4.69, 9.17) is 14.2 Å². The van der Waals surface area contributed by atoms with Crippen LogP contribution < -0.4 is 10.1 Å². The lowest BCUT2D eigenvalue weighted by atomic mass is 10.00. The third kappa shape index (κ3) is 2.76. The summed E-state index contributed by atoms with van der Waals surface area (Å²) in [7, 11) is 0. The molecule has 2 atom stereocenters. The zero-order valence-corrected chi connectivity index (χ0v) is 12.4. The van der Waals surface area contributed by atoms with Gasteiger partial charge in [0.2, 0.25) is 0 Å². The third-order valence-electron chi connectivity index (χ3n) is 3.87. The van der Waals surface area contributed by atoms with Crippen LogP contribution in [-0.2, 0) is 14.3 Å². The number of rotatable bonds is 4. The molecule has 1 fully saturated rings. The first-order valence-corrected chi connectivity index (χ1v) is 7.39. The van der Waals surface area contributed by atoms with Gasteiger partial charge >= 0.3 is 0 Å². The highest BCUT2D eigenvalue weighted by Crippen LogP contribution is 2.33. The first-order chi connectivity index (χ1) is 10.1. The fourth-order valence-corrected chi connectivity index (χ4v) is 2.89. The molecule has 3 rings (SSSR count). The van der Waals surface area contributed by atoms with E-state index >= 15 is 0 Å². The van der Waals surface area contributed by atoms with E-state index in [0.717, 1.165) is 11.3 Å². The number of nitrogens with one attached hydrogen (secondary N) is 1. The molecule has 0 radical (unpaired) electrons. The highest BCUT2D eigenvalue weighted by molar-refractivity contribution is 5.86. The fraction of sp³-hybridized carbons (Fsp3) is 0.562. The molecule has 5 nitrogen and oxygen atoms in total. The first-order valence-electron chi connectivity index (χ1n) is 7.39. The lowest BCUT2D eigenvalue weighted by Gasteiger charge is -2.30. The molecule has 2 heterocycles. The summed E-state index contributed by atoms with van der Waals surface area (Å²) in [6, 6.07) is 7.65. The van der Waals surface area contributed by atoms with Crippen molar-refractivity contribution >= 4 is 5.91 Å². The number of carbonyl (C=O) groups is 1. The van der Waals surface area contributed by atoms with Gasteiger partial charge in [0.25, 0.3) is 5.91 Å². The normalized spacial score (nSPS) is 27.5. The lowest BCUT2D eigenvalue weighted by molar-refractivity contribution is -0.154. The molecule has 0 aliphatic carbocycles. The number of hydrogen-bond donors (Lipinski definition) is 1. The van der Waals surface area contributed by atoms with E-state index in [1.807, 2.05) is 38.1 Å². The maximum absolute atomic E-state index is 12.7. The summed E-state index contributed by atoms with van der Waals surface area (Å²) < 4.78 is 16.9. The topological polar surface area (TPSA) is 56.8 Å². The van der Waals surface area contributed by atoms with Crippen molar-refractivity contribution in [2.24, 2.45) is 0 Å². The van der Waals surface area contributed by atoms with Crippen molar-refractivity contribution in [3.63, 3.8) is 0 Å². The van der Waals surface area contributed by atoms with Gasteiger partial charge in [0.1, 0.15) is 12.4 Å². The van der Waals surface area contributed by atoms with E-state index < -0.39 is 5.60 Å². The Morgan fingerprint density at radius 2 is 2.24 bits per heavy atom. The zero-order chi connectivity index (χ0) is 14.9. The number of carbonyl (C=O) groups excluding carboxylic acids is 1. The van der Waals surface area contributed by atoms with Gasteiger partial charge in [-0.2, -0.15) is 0 Å². The molecule has 0 saturated carbocycles. The Labute approximate surface area is 124 Å². The molecule has 2 aliphatic heterocycles. The highest BCUT2D eigenvalue weighted by Gasteiger charge is 2.45. The van der Waals surface area contributed by atoms with Crippen LogP contribution in [0.4, 0.5) is 0 Å². The smallest absolute Gasteiger partial charge is 0.255 e. The summed E-state index contributed by atoms with van der Waals surface area (Å²) >= 11 is 0. The maximum Gasteiger partial charge on any atom is 0.255 e. The standard InChI is InChI=1S/C16H21NO4/c1-11(2)21-16(7-8-19-10-16)15(18)17-13-9-20-14-6-4-3-5-12(13)14/h3-6,11,13H,7-10H2,1-2H3,(H,17,18)/t13-,16+/m0/s1. The predicted octanol–water partition coefficient (Wildman–Crippen LogP) is 1.82. The SMILES string of the molecule is CC(C)O[C@]1(C(=O)N[C@H]2COc3ccccc32)CCOC1. The van der Waals surface area contributed by atoms with Gasteiger partial charge in [-0.25, -0.2) is 0 Å². The molecule has 1 saturated heterocycles. The second-order valence-corrected chi connectivity index (χ2v) is 5.84. The van der Waals surface area contributed by atoms with Gasteiger partial charge in [-0.3, -0.25) is 4.79 Å². The van der Waals surface area contributed by atoms with Crippen LogP contribution in [0.5, 0.6) is 5.75 Å². The molecule has 1 aromatic rings. The molecule has 1 amide bonds. The number of benzene rings is 1. The Bertz CT molecular complexity index is 523. The second-order valence-electron chi connectivity index (χ2n) is 5.84. The van der Waals surface area contributed by atoms with E-state index in [-0.39, 0.29) is 18.1 Å². The van der Waals surface area contributed by atoms with Crippen molar-refractivity contribution in [2.45, 2.75) is 38.0 Å². The van der Waals surface area contributed by atoms with Crippen LogP contribution in [0, 0.1) is 0 Å². The van der Waals surface area contributed by atoms with Crippen LogP contribution >= 0.6 is 0 Å². The number of hydrogen-bond acceptors (Lipinski definition) is 4. The Hall–Kier alpha value is -1.59. The summed E-state index contributed by atoms with van der Waals surface area (Å²) in [6.45, 7) is 5.19. The molecule has 114 valence electrons. The largest absolute Gasteiger partial charge is 0.491 e. The van der Waals surface area contributed by atoms with Crippen LogP contribution in [0.25, 0.3) is 0 Å². The molecule has 0 unspecified atom stereocenters. The van der Waals surface area contributed by atoms with Crippen LogP contribution in [-0.4, -0.2) is 37.4 Å². The number of amides is 1. The average Bonchev–Trinajstić information content (AvgIpc) is 3.07. The van der Waals surface area contributed by atoms with Crippen LogP contribution in [0.3, 0.4) is 0 Å². The van der Waals surface area contributed by atoms with Crippen molar-refractivity contribution in [1.82, 2.24) is 5.32 Å². The Kier molecular flexibility index (Phi) is 3.87. The van der Waals surface area contributed by atoms with Crippen LogP contribution in [0.2, 0.25) is 0 Å². The number of para-hydroxylation sites is 1. The van der Waals surface area contributed by atoms with E-state index in [0.29, 0.717) is 26.2 Å². The second kappa shape index (κ2) is 5.66. The van der Waals surface area contributed by atoms with Crippen molar-refractivity contribution in [1.29, 1.82) is 0 Å². The Morgan fingerprint density at radius 3 is 2.95 bits per heavy atom. The van der Waals surface area contributed by atoms with E-state index in [2.05, 4.69) is 5.32 Å². The van der Waals surface area contributed by atoms with Crippen LogP contribution in [0.1, 0.15) is 31.9 Å².